The third-order valence-electron chi connectivity index (χ3n) is 3.01. The first-order chi connectivity index (χ1) is 8.13. The summed E-state index contributed by atoms with van der Waals surface area (Å²) in [5.74, 6) is 0.601. The molecule has 1 aromatic heterocycles. The Kier molecular flexibility index (Phi) is 3.29. The van der Waals surface area contributed by atoms with E-state index in [1.54, 1.807) is 12.3 Å². The van der Waals surface area contributed by atoms with Crippen LogP contribution >= 0.6 is 0 Å². The van der Waals surface area contributed by atoms with E-state index in [4.69, 9.17) is 10.2 Å². The van der Waals surface area contributed by atoms with Gasteiger partial charge >= 0.3 is 0 Å². The highest BCUT2D eigenvalue weighted by Gasteiger charge is 2.17. The fraction of sp³-hybridized carbons (Fsp3) is 0.286. The number of aryl methyl sites for hydroxylation is 2. The predicted molar refractivity (Wildman–Crippen MR) is 65.3 cm³/mol. The number of hydrogen-bond donors (Lipinski definition) is 1. The quantitative estimate of drug-likeness (QED) is 0.883. The van der Waals surface area contributed by atoms with Gasteiger partial charge in [-0.3, -0.25) is 0 Å². The number of furan rings is 1. The van der Waals surface area contributed by atoms with Crippen LogP contribution in [0.3, 0.4) is 0 Å². The topological polar surface area (TPSA) is 39.2 Å². The number of benzene rings is 1. The Morgan fingerprint density at radius 2 is 2.06 bits per heavy atom. The molecule has 0 fully saturated rings. The van der Waals surface area contributed by atoms with Crippen molar-refractivity contribution < 1.29 is 8.81 Å². The lowest BCUT2D eigenvalue weighted by atomic mass is 9.95. The SMILES string of the molecule is CCc1occc1C(N)c1cc(F)ccc1C. The summed E-state index contributed by atoms with van der Waals surface area (Å²) in [5.41, 5.74) is 8.91. The summed E-state index contributed by atoms with van der Waals surface area (Å²) in [4.78, 5) is 0. The van der Waals surface area contributed by atoms with Crippen molar-refractivity contribution >= 4 is 0 Å². The normalized spacial score (nSPS) is 12.7. The number of rotatable bonds is 3. The van der Waals surface area contributed by atoms with Gasteiger partial charge in [-0.05, 0) is 36.2 Å². The van der Waals surface area contributed by atoms with Gasteiger partial charge in [0.25, 0.3) is 0 Å². The lowest BCUT2D eigenvalue weighted by molar-refractivity contribution is 0.508. The van der Waals surface area contributed by atoms with Crippen LogP contribution in [0.4, 0.5) is 4.39 Å². The molecule has 2 N–H and O–H groups in total. The molecule has 0 bridgehead atoms. The maximum atomic E-state index is 13.3. The van der Waals surface area contributed by atoms with Crippen LogP contribution in [0.25, 0.3) is 0 Å². The lowest BCUT2D eigenvalue weighted by Gasteiger charge is -2.14. The van der Waals surface area contributed by atoms with Crippen molar-refractivity contribution in [3.05, 3.63) is 58.8 Å². The molecule has 0 amide bonds. The Morgan fingerprint density at radius 3 is 2.76 bits per heavy atom. The summed E-state index contributed by atoms with van der Waals surface area (Å²) in [6.45, 7) is 3.94. The van der Waals surface area contributed by atoms with Gasteiger partial charge in [0.1, 0.15) is 11.6 Å². The molecule has 0 radical (unpaired) electrons. The lowest BCUT2D eigenvalue weighted by Crippen LogP contribution is -2.14. The van der Waals surface area contributed by atoms with E-state index in [0.717, 1.165) is 28.9 Å². The van der Waals surface area contributed by atoms with Gasteiger partial charge in [0.2, 0.25) is 0 Å². The molecule has 0 aliphatic rings. The largest absolute Gasteiger partial charge is 0.469 e. The molecule has 2 nitrogen and oxygen atoms in total. The van der Waals surface area contributed by atoms with Gasteiger partial charge < -0.3 is 10.2 Å². The zero-order valence-electron chi connectivity index (χ0n) is 10.0. The smallest absolute Gasteiger partial charge is 0.123 e. The van der Waals surface area contributed by atoms with Crippen molar-refractivity contribution in [1.29, 1.82) is 0 Å². The van der Waals surface area contributed by atoms with Gasteiger partial charge in [0.15, 0.2) is 0 Å². The first kappa shape index (κ1) is 11.9. The zero-order valence-corrected chi connectivity index (χ0v) is 10.0. The third kappa shape index (κ3) is 2.24. The molecule has 1 unspecified atom stereocenters. The fourth-order valence-corrected chi connectivity index (χ4v) is 2.03. The van der Waals surface area contributed by atoms with Crippen molar-refractivity contribution in [2.45, 2.75) is 26.3 Å². The van der Waals surface area contributed by atoms with Crippen LogP contribution in [0.2, 0.25) is 0 Å². The summed E-state index contributed by atoms with van der Waals surface area (Å²) >= 11 is 0. The van der Waals surface area contributed by atoms with Crippen molar-refractivity contribution in [2.75, 3.05) is 0 Å². The standard InChI is InChI=1S/C14H16FNO/c1-3-13-11(6-7-17-13)14(16)12-8-10(15)5-4-9(12)2/h4-8,14H,3,16H2,1-2H3. The Bertz CT molecular complexity index is 519. The molecule has 17 heavy (non-hydrogen) atoms. The third-order valence-corrected chi connectivity index (χ3v) is 3.01. The van der Waals surface area contributed by atoms with Crippen LogP contribution in [0.15, 0.2) is 34.9 Å². The zero-order chi connectivity index (χ0) is 12.4. The predicted octanol–water partition coefficient (Wildman–Crippen LogP) is 3.34. The molecule has 0 spiro atoms. The van der Waals surface area contributed by atoms with E-state index < -0.39 is 0 Å². The van der Waals surface area contributed by atoms with E-state index in [1.165, 1.54) is 12.1 Å². The monoisotopic (exact) mass is 233 g/mol. The summed E-state index contributed by atoms with van der Waals surface area (Å²) in [6.07, 6.45) is 2.41. The van der Waals surface area contributed by atoms with E-state index >= 15 is 0 Å². The minimum atomic E-state index is -0.334. The summed E-state index contributed by atoms with van der Waals surface area (Å²) in [7, 11) is 0. The first-order valence-corrected chi connectivity index (χ1v) is 5.71. The molecule has 0 aliphatic heterocycles. The van der Waals surface area contributed by atoms with Crippen LogP contribution in [0.5, 0.6) is 0 Å². The number of nitrogens with two attached hydrogens (primary N) is 1. The average molecular weight is 233 g/mol. The maximum absolute atomic E-state index is 13.3. The molecular weight excluding hydrogens is 217 g/mol. The molecule has 1 atom stereocenters. The molecular formula is C14H16FNO. The highest BCUT2D eigenvalue weighted by molar-refractivity contribution is 5.37. The highest BCUT2D eigenvalue weighted by atomic mass is 19.1. The van der Waals surface area contributed by atoms with Gasteiger partial charge in [0, 0.05) is 12.0 Å². The van der Waals surface area contributed by atoms with Crippen LogP contribution in [-0.4, -0.2) is 0 Å². The number of hydrogen-bond acceptors (Lipinski definition) is 2. The number of halogens is 1. The molecule has 0 saturated heterocycles. The molecule has 1 aromatic carbocycles. The minimum Gasteiger partial charge on any atom is -0.469 e. The van der Waals surface area contributed by atoms with Crippen molar-refractivity contribution in [1.82, 2.24) is 0 Å². The Labute approximate surface area is 100 Å². The van der Waals surface area contributed by atoms with Crippen LogP contribution in [0, 0.1) is 12.7 Å². The molecule has 90 valence electrons. The highest BCUT2D eigenvalue weighted by Crippen LogP contribution is 2.27. The van der Waals surface area contributed by atoms with Crippen LogP contribution in [0.1, 0.15) is 35.4 Å². The van der Waals surface area contributed by atoms with E-state index in [2.05, 4.69) is 0 Å². The van der Waals surface area contributed by atoms with Gasteiger partial charge in [-0.25, -0.2) is 4.39 Å². The van der Waals surface area contributed by atoms with E-state index in [0.29, 0.717) is 0 Å². The van der Waals surface area contributed by atoms with E-state index in [9.17, 15) is 4.39 Å². The summed E-state index contributed by atoms with van der Waals surface area (Å²) in [6, 6.07) is 6.21. The van der Waals surface area contributed by atoms with Crippen molar-refractivity contribution in [3.8, 4) is 0 Å². The minimum absolute atomic E-state index is 0.261. The second-order valence-electron chi connectivity index (χ2n) is 4.13. The Morgan fingerprint density at radius 1 is 1.29 bits per heavy atom. The molecule has 1 heterocycles. The van der Waals surface area contributed by atoms with E-state index in [-0.39, 0.29) is 11.9 Å². The van der Waals surface area contributed by atoms with Gasteiger partial charge in [-0.2, -0.15) is 0 Å². The Balaban J connectivity index is 2.43. The maximum Gasteiger partial charge on any atom is 0.123 e. The second-order valence-corrected chi connectivity index (χ2v) is 4.13. The summed E-state index contributed by atoms with van der Waals surface area (Å²) in [5, 5.41) is 0. The van der Waals surface area contributed by atoms with E-state index in [1.807, 2.05) is 19.9 Å². The van der Waals surface area contributed by atoms with Crippen LogP contribution < -0.4 is 5.73 Å². The fourth-order valence-electron chi connectivity index (χ4n) is 2.03. The Hall–Kier alpha value is -1.61. The van der Waals surface area contributed by atoms with Crippen LogP contribution in [-0.2, 0) is 6.42 Å². The average Bonchev–Trinajstić information content (AvgIpc) is 2.79. The molecule has 2 rings (SSSR count). The van der Waals surface area contributed by atoms with Gasteiger partial charge in [-0.15, -0.1) is 0 Å². The molecule has 3 heteroatoms. The second kappa shape index (κ2) is 4.72. The summed E-state index contributed by atoms with van der Waals surface area (Å²) < 4.78 is 18.6. The molecule has 2 aromatic rings. The molecule has 0 saturated carbocycles. The first-order valence-electron chi connectivity index (χ1n) is 5.71. The van der Waals surface area contributed by atoms with Gasteiger partial charge in [0.05, 0.1) is 12.3 Å². The van der Waals surface area contributed by atoms with Gasteiger partial charge in [-0.1, -0.05) is 13.0 Å². The van der Waals surface area contributed by atoms with Crippen molar-refractivity contribution in [2.24, 2.45) is 5.73 Å². The van der Waals surface area contributed by atoms with Crippen molar-refractivity contribution in [3.63, 3.8) is 0 Å². The molecule has 0 aliphatic carbocycles.